The molecule has 6 nitrogen and oxygen atoms in total. The van der Waals surface area contributed by atoms with Crippen LogP contribution in [0.3, 0.4) is 0 Å². The van der Waals surface area contributed by atoms with Crippen LogP contribution in [0.2, 0.25) is 0 Å². The van der Waals surface area contributed by atoms with Crippen LogP contribution < -0.4 is 9.47 Å². The van der Waals surface area contributed by atoms with E-state index in [9.17, 15) is 9.59 Å². The molecule has 2 heterocycles. The van der Waals surface area contributed by atoms with Crippen molar-refractivity contribution in [1.82, 2.24) is 9.80 Å². The number of fused-ring (bicyclic) bond motifs is 1. The number of carbonyl (C=O) groups is 2. The molecule has 0 bridgehead atoms. The second kappa shape index (κ2) is 8.23. The zero-order valence-corrected chi connectivity index (χ0v) is 14.8. The van der Waals surface area contributed by atoms with Crippen molar-refractivity contribution in [2.75, 3.05) is 33.0 Å². The molecule has 25 heavy (non-hydrogen) atoms. The topological polar surface area (TPSA) is 59.1 Å². The van der Waals surface area contributed by atoms with Crippen molar-refractivity contribution in [2.45, 2.75) is 39.0 Å². The largest absolute Gasteiger partial charge is 0.454 e. The van der Waals surface area contributed by atoms with Gasteiger partial charge in [-0.25, -0.2) is 0 Å². The van der Waals surface area contributed by atoms with E-state index in [1.165, 1.54) is 0 Å². The average Bonchev–Trinajstić information content (AvgIpc) is 2.93. The molecule has 1 aromatic carbocycles. The van der Waals surface area contributed by atoms with E-state index in [-0.39, 0.29) is 18.6 Å². The fourth-order valence-corrected chi connectivity index (χ4v) is 3.24. The summed E-state index contributed by atoms with van der Waals surface area (Å²) >= 11 is 0. The minimum Gasteiger partial charge on any atom is -0.454 e. The van der Waals surface area contributed by atoms with E-state index in [1.807, 2.05) is 28.0 Å². The molecule has 136 valence electrons. The maximum atomic E-state index is 12.6. The van der Waals surface area contributed by atoms with Gasteiger partial charge in [0, 0.05) is 32.6 Å². The van der Waals surface area contributed by atoms with Gasteiger partial charge in [-0.2, -0.15) is 0 Å². The molecule has 0 aliphatic carbocycles. The molecule has 1 saturated heterocycles. The molecule has 2 aliphatic heterocycles. The molecule has 0 N–H and O–H groups in total. The molecular weight excluding hydrogens is 320 g/mol. The lowest BCUT2D eigenvalue weighted by Gasteiger charge is -2.22. The molecule has 0 unspecified atom stereocenters. The number of carbonyl (C=O) groups excluding carboxylic acids is 2. The second-order valence-electron chi connectivity index (χ2n) is 6.58. The van der Waals surface area contributed by atoms with Crippen molar-refractivity contribution in [3.63, 3.8) is 0 Å². The van der Waals surface area contributed by atoms with Gasteiger partial charge in [-0.15, -0.1) is 0 Å². The monoisotopic (exact) mass is 346 g/mol. The Labute approximate surface area is 148 Å². The third-order valence-corrected chi connectivity index (χ3v) is 4.74. The Kier molecular flexibility index (Phi) is 5.79. The highest BCUT2D eigenvalue weighted by Gasteiger charge is 2.22. The van der Waals surface area contributed by atoms with Crippen molar-refractivity contribution in [3.05, 3.63) is 23.8 Å². The molecule has 1 aromatic rings. The Hall–Kier alpha value is -2.24. The molecule has 0 spiro atoms. The zero-order chi connectivity index (χ0) is 17.6. The quantitative estimate of drug-likeness (QED) is 0.820. The predicted molar refractivity (Wildman–Crippen MR) is 93.6 cm³/mol. The van der Waals surface area contributed by atoms with E-state index >= 15 is 0 Å². The van der Waals surface area contributed by atoms with Crippen LogP contribution in [0.25, 0.3) is 0 Å². The highest BCUT2D eigenvalue weighted by molar-refractivity contribution is 5.79. The van der Waals surface area contributed by atoms with E-state index in [1.54, 1.807) is 0 Å². The lowest BCUT2D eigenvalue weighted by Crippen LogP contribution is -2.37. The zero-order valence-electron chi connectivity index (χ0n) is 14.8. The fraction of sp³-hybridized carbons (Fsp3) is 0.579. The Bertz CT molecular complexity index is 632. The van der Waals surface area contributed by atoms with Gasteiger partial charge in [-0.3, -0.25) is 9.59 Å². The molecule has 0 saturated carbocycles. The highest BCUT2D eigenvalue weighted by Crippen LogP contribution is 2.32. The van der Waals surface area contributed by atoms with Gasteiger partial charge in [0.1, 0.15) is 0 Å². The number of amides is 2. The number of rotatable bonds is 5. The van der Waals surface area contributed by atoms with Gasteiger partial charge in [0.2, 0.25) is 18.6 Å². The Balaban J connectivity index is 1.53. The number of benzene rings is 1. The van der Waals surface area contributed by atoms with E-state index in [2.05, 4.69) is 6.92 Å². The van der Waals surface area contributed by atoms with Crippen molar-refractivity contribution in [3.8, 4) is 11.5 Å². The van der Waals surface area contributed by atoms with Gasteiger partial charge in [0.05, 0.1) is 6.42 Å². The van der Waals surface area contributed by atoms with Crippen LogP contribution >= 0.6 is 0 Å². The first-order valence-electron chi connectivity index (χ1n) is 9.11. The summed E-state index contributed by atoms with van der Waals surface area (Å²) in [5.41, 5.74) is 0.925. The molecule has 2 aliphatic rings. The molecule has 2 amide bonds. The second-order valence-corrected chi connectivity index (χ2v) is 6.58. The minimum absolute atomic E-state index is 0.0988. The minimum atomic E-state index is 0.0988. The van der Waals surface area contributed by atoms with Gasteiger partial charge >= 0.3 is 0 Å². The van der Waals surface area contributed by atoms with Gasteiger partial charge in [-0.1, -0.05) is 19.4 Å². The van der Waals surface area contributed by atoms with E-state index < -0.39 is 0 Å². The lowest BCUT2D eigenvalue weighted by molar-refractivity contribution is -0.133. The van der Waals surface area contributed by atoms with Crippen molar-refractivity contribution >= 4 is 11.8 Å². The smallest absolute Gasteiger partial charge is 0.231 e. The third-order valence-electron chi connectivity index (χ3n) is 4.74. The third kappa shape index (κ3) is 4.44. The number of unbranched alkanes of at least 4 members (excludes halogenated alkanes) is 1. The average molecular weight is 346 g/mol. The molecule has 6 heteroatoms. The van der Waals surface area contributed by atoms with Crippen LogP contribution in [-0.2, 0) is 16.0 Å². The standard InChI is InChI=1S/C19H26N2O4/c1-2-3-5-18(22)20-8-4-9-21(11-10-20)19(23)13-15-6-7-16-17(12-15)25-14-24-16/h6-7,12H,2-5,8-11,13-14H2,1H3. The van der Waals surface area contributed by atoms with Crippen LogP contribution in [-0.4, -0.2) is 54.6 Å². The summed E-state index contributed by atoms with van der Waals surface area (Å²) in [4.78, 5) is 28.6. The maximum absolute atomic E-state index is 12.6. The van der Waals surface area contributed by atoms with Crippen LogP contribution in [0.1, 0.15) is 38.2 Å². The number of ether oxygens (including phenoxy) is 2. The Morgan fingerprint density at radius 3 is 2.48 bits per heavy atom. The van der Waals surface area contributed by atoms with Gasteiger partial charge in [0.15, 0.2) is 11.5 Å². The fourth-order valence-electron chi connectivity index (χ4n) is 3.24. The van der Waals surface area contributed by atoms with Gasteiger partial charge < -0.3 is 19.3 Å². The summed E-state index contributed by atoms with van der Waals surface area (Å²) < 4.78 is 10.7. The summed E-state index contributed by atoms with van der Waals surface area (Å²) in [5, 5.41) is 0. The number of nitrogens with zero attached hydrogens (tertiary/aromatic N) is 2. The van der Waals surface area contributed by atoms with E-state index in [4.69, 9.17) is 9.47 Å². The van der Waals surface area contributed by atoms with Gasteiger partial charge in [-0.05, 0) is 30.5 Å². The molecule has 0 atom stereocenters. The molecular formula is C19H26N2O4. The molecule has 3 rings (SSSR count). The lowest BCUT2D eigenvalue weighted by atomic mass is 10.1. The van der Waals surface area contributed by atoms with E-state index in [0.717, 1.165) is 37.1 Å². The van der Waals surface area contributed by atoms with Crippen molar-refractivity contribution in [1.29, 1.82) is 0 Å². The summed E-state index contributed by atoms with van der Waals surface area (Å²) in [6, 6.07) is 5.63. The summed E-state index contributed by atoms with van der Waals surface area (Å²) in [5.74, 6) is 1.75. The van der Waals surface area contributed by atoms with Crippen molar-refractivity contribution < 1.29 is 19.1 Å². The normalized spacial score (nSPS) is 16.7. The summed E-state index contributed by atoms with van der Waals surface area (Å²) in [6.45, 7) is 5.03. The maximum Gasteiger partial charge on any atom is 0.231 e. The molecule has 1 fully saturated rings. The first kappa shape index (κ1) is 17.6. The van der Waals surface area contributed by atoms with Crippen LogP contribution in [0.4, 0.5) is 0 Å². The highest BCUT2D eigenvalue weighted by atomic mass is 16.7. The van der Waals surface area contributed by atoms with Gasteiger partial charge in [0.25, 0.3) is 0 Å². The Morgan fingerprint density at radius 1 is 1.00 bits per heavy atom. The van der Waals surface area contributed by atoms with Crippen LogP contribution in [0.5, 0.6) is 11.5 Å². The van der Waals surface area contributed by atoms with Crippen LogP contribution in [0, 0.1) is 0 Å². The van der Waals surface area contributed by atoms with Crippen molar-refractivity contribution in [2.24, 2.45) is 0 Å². The first-order valence-corrected chi connectivity index (χ1v) is 9.11. The molecule has 0 aromatic heterocycles. The SMILES string of the molecule is CCCCC(=O)N1CCCN(C(=O)Cc2ccc3c(c2)OCO3)CC1. The summed E-state index contributed by atoms with van der Waals surface area (Å²) in [7, 11) is 0. The van der Waals surface area contributed by atoms with E-state index in [0.29, 0.717) is 38.2 Å². The first-order chi connectivity index (χ1) is 12.2. The number of hydrogen-bond donors (Lipinski definition) is 0. The summed E-state index contributed by atoms with van der Waals surface area (Å²) in [6.07, 6.45) is 3.76. The van der Waals surface area contributed by atoms with Crippen LogP contribution in [0.15, 0.2) is 18.2 Å². The number of hydrogen-bond acceptors (Lipinski definition) is 4. The Morgan fingerprint density at radius 2 is 1.72 bits per heavy atom. The predicted octanol–water partition coefficient (Wildman–Crippen LogP) is 2.21. The molecule has 0 radical (unpaired) electrons.